The van der Waals surface area contributed by atoms with E-state index in [0.717, 1.165) is 57.8 Å². The number of amides is 1. The second kappa shape index (κ2) is 11.9. The first-order chi connectivity index (χ1) is 13.7. The number of rotatable bonds is 9. The molecule has 0 spiro atoms. The van der Waals surface area contributed by atoms with Crippen molar-refractivity contribution >= 4 is 19.4 Å². The molecule has 3 N–H and O–H groups in total. The number of aliphatic hydroxyl groups is 1. The second-order valence-corrected chi connectivity index (χ2v) is 11.0. The molecule has 0 aliphatic heterocycles. The summed E-state index contributed by atoms with van der Waals surface area (Å²) in [6.45, 7) is 1.44. The summed E-state index contributed by atoms with van der Waals surface area (Å²) in [7, 11) is -3.34. The van der Waals surface area contributed by atoms with Gasteiger partial charge in [-0.2, -0.15) is 0 Å². The Hall–Kier alpha value is -1.11. The molecule has 2 rings (SSSR count). The molecule has 1 amide bonds. The van der Waals surface area contributed by atoms with Gasteiger partial charge in [0.2, 0.25) is 13.7 Å². The second-order valence-electron chi connectivity index (χ2n) is 8.45. The lowest BCUT2D eigenvalue weighted by atomic mass is 9.89. The minimum Gasteiger partial charge on any atom is -0.425 e. The predicted octanol–water partition coefficient (Wildman–Crippen LogP) is 3.74. The average Bonchev–Trinajstić information content (AvgIpc) is 2.67. The quantitative estimate of drug-likeness (QED) is 0.288. The molecule has 2 saturated carbocycles. The number of aliphatic hydroxyl groups excluding tert-OH is 1. The van der Waals surface area contributed by atoms with Gasteiger partial charge in [-0.05, 0) is 31.6 Å². The SMILES string of the molecule is CC(OC(=O)NC(O)CCP(=O)(O)CC1CCCCC1)OC(=O)C1CCCCC1. The summed E-state index contributed by atoms with van der Waals surface area (Å²) in [6, 6.07) is 0. The maximum absolute atomic E-state index is 12.4. The van der Waals surface area contributed by atoms with Crippen LogP contribution in [0.25, 0.3) is 0 Å². The van der Waals surface area contributed by atoms with Crippen molar-refractivity contribution in [1.29, 1.82) is 0 Å². The van der Waals surface area contributed by atoms with Crippen LogP contribution in [0, 0.1) is 11.8 Å². The third kappa shape index (κ3) is 9.49. The lowest BCUT2D eigenvalue weighted by Crippen LogP contribution is -2.38. The smallest absolute Gasteiger partial charge is 0.412 e. The van der Waals surface area contributed by atoms with Crippen molar-refractivity contribution in [2.24, 2.45) is 11.8 Å². The first kappa shape index (κ1) is 24.2. The summed E-state index contributed by atoms with van der Waals surface area (Å²) in [5.74, 6) is -0.241. The van der Waals surface area contributed by atoms with Crippen LogP contribution in [0.1, 0.15) is 77.6 Å². The van der Waals surface area contributed by atoms with Crippen LogP contribution in [0.4, 0.5) is 4.79 Å². The van der Waals surface area contributed by atoms with Crippen LogP contribution in [-0.2, 0) is 18.8 Å². The van der Waals surface area contributed by atoms with Gasteiger partial charge in [0.1, 0.15) is 6.23 Å². The topological polar surface area (TPSA) is 122 Å². The number of esters is 1. The molecule has 0 bridgehead atoms. The molecule has 0 aromatic carbocycles. The van der Waals surface area contributed by atoms with Gasteiger partial charge in [-0.1, -0.05) is 38.5 Å². The van der Waals surface area contributed by atoms with E-state index in [9.17, 15) is 24.2 Å². The number of carbonyl (C=O) groups excluding carboxylic acids is 2. The van der Waals surface area contributed by atoms with Gasteiger partial charge in [-0.25, -0.2) is 4.79 Å². The van der Waals surface area contributed by atoms with Crippen molar-refractivity contribution in [2.75, 3.05) is 12.3 Å². The normalized spacial score (nSPS) is 22.9. The predicted molar refractivity (Wildman–Crippen MR) is 109 cm³/mol. The standard InChI is InChI=1S/C20H36NO7P/c1-15(27-19(23)17-10-6-3-7-11-17)28-20(24)21-18(22)12-13-29(25,26)14-16-8-4-2-5-9-16/h15-18,22H,2-14H2,1H3,(H,21,24)(H,25,26). The van der Waals surface area contributed by atoms with Gasteiger partial charge in [0, 0.05) is 25.7 Å². The lowest BCUT2D eigenvalue weighted by molar-refractivity contribution is -0.171. The molecule has 168 valence electrons. The number of alkyl carbamates (subject to hydrolysis) is 1. The van der Waals surface area contributed by atoms with Crippen LogP contribution < -0.4 is 5.32 Å². The van der Waals surface area contributed by atoms with E-state index in [0.29, 0.717) is 0 Å². The van der Waals surface area contributed by atoms with Gasteiger partial charge in [-0.3, -0.25) is 14.7 Å². The molecule has 2 fully saturated rings. The highest BCUT2D eigenvalue weighted by Crippen LogP contribution is 2.46. The van der Waals surface area contributed by atoms with Crippen molar-refractivity contribution in [3.8, 4) is 0 Å². The van der Waals surface area contributed by atoms with E-state index in [1.54, 1.807) is 0 Å². The number of hydrogen-bond donors (Lipinski definition) is 3. The Bertz CT molecular complexity index is 573. The van der Waals surface area contributed by atoms with Gasteiger partial charge in [0.05, 0.1) is 5.92 Å². The van der Waals surface area contributed by atoms with E-state index in [1.165, 1.54) is 13.3 Å². The fourth-order valence-electron chi connectivity index (χ4n) is 4.20. The molecule has 2 aliphatic carbocycles. The molecule has 2 aliphatic rings. The van der Waals surface area contributed by atoms with Crippen molar-refractivity contribution in [2.45, 2.75) is 90.1 Å². The van der Waals surface area contributed by atoms with Crippen LogP contribution in [0.2, 0.25) is 0 Å². The van der Waals surface area contributed by atoms with Gasteiger partial charge < -0.3 is 19.5 Å². The molecule has 3 unspecified atom stereocenters. The highest BCUT2D eigenvalue weighted by Gasteiger charge is 2.28. The molecule has 0 saturated heterocycles. The van der Waals surface area contributed by atoms with Gasteiger partial charge in [-0.15, -0.1) is 0 Å². The van der Waals surface area contributed by atoms with Gasteiger partial charge >= 0.3 is 12.1 Å². The van der Waals surface area contributed by atoms with Crippen LogP contribution in [-0.4, -0.2) is 46.9 Å². The highest BCUT2D eigenvalue weighted by molar-refractivity contribution is 7.58. The summed E-state index contributed by atoms with van der Waals surface area (Å²) in [5, 5.41) is 12.1. The van der Waals surface area contributed by atoms with E-state index in [2.05, 4.69) is 5.32 Å². The number of ether oxygens (including phenoxy) is 2. The van der Waals surface area contributed by atoms with Crippen LogP contribution in [0.3, 0.4) is 0 Å². The minimum atomic E-state index is -3.34. The molecule has 8 nitrogen and oxygen atoms in total. The van der Waals surface area contributed by atoms with Crippen molar-refractivity contribution in [1.82, 2.24) is 5.32 Å². The summed E-state index contributed by atoms with van der Waals surface area (Å²) in [4.78, 5) is 34.1. The van der Waals surface area contributed by atoms with Gasteiger partial charge in [0.25, 0.3) is 0 Å². The molecule has 0 radical (unpaired) electrons. The fourth-order valence-corrected chi connectivity index (χ4v) is 6.21. The Morgan fingerprint density at radius 1 is 1.03 bits per heavy atom. The first-order valence-corrected chi connectivity index (χ1v) is 12.9. The fraction of sp³-hybridized carbons (Fsp3) is 0.900. The first-order valence-electron chi connectivity index (χ1n) is 10.9. The maximum Gasteiger partial charge on any atom is 0.412 e. The third-order valence-electron chi connectivity index (χ3n) is 5.80. The van der Waals surface area contributed by atoms with E-state index in [4.69, 9.17) is 9.47 Å². The zero-order valence-corrected chi connectivity index (χ0v) is 18.3. The Kier molecular flexibility index (Phi) is 9.93. The van der Waals surface area contributed by atoms with Crippen LogP contribution >= 0.6 is 7.37 Å². The molecule has 29 heavy (non-hydrogen) atoms. The van der Waals surface area contributed by atoms with Crippen molar-refractivity contribution in [3.63, 3.8) is 0 Å². The summed E-state index contributed by atoms with van der Waals surface area (Å²) in [6.07, 6.45) is 6.94. The van der Waals surface area contributed by atoms with Crippen LogP contribution in [0.15, 0.2) is 0 Å². The molecule has 0 aromatic heterocycles. The Morgan fingerprint density at radius 2 is 1.62 bits per heavy atom. The van der Waals surface area contributed by atoms with Crippen molar-refractivity contribution < 1.29 is 33.6 Å². The maximum atomic E-state index is 12.4. The molecule has 0 aromatic rings. The Balaban J connectivity index is 1.64. The van der Waals surface area contributed by atoms with Crippen molar-refractivity contribution in [3.05, 3.63) is 0 Å². The summed E-state index contributed by atoms with van der Waals surface area (Å²) >= 11 is 0. The highest BCUT2D eigenvalue weighted by atomic mass is 31.2. The molecule has 9 heteroatoms. The largest absolute Gasteiger partial charge is 0.425 e. The van der Waals surface area contributed by atoms with E-state index >= 15 is 0 Å². The third-order valence-corrected chi connectivity index (χ3v) is 7.84. The minimum absolute atomic E-state index is 0.0359. The van der Waals surface area contributed by atoms with Gasteiger partial charge in [0.15, 0.2) is 0 Å². The molecule has 0 heterocycles. The summed E-state index contributed by atoms with van der Waals surface area (Å²) < 4.78 is 22.5. The zero-order valence-electron chi connectivity index (χ0n) is 17.4. The molecule has 3 atom stereocenters. The zero-order chi connectivity index (χ0) is 21.3. The number of hydrogen-bond acceptors (Lipinski definition) is 6. The van der Waals surface area contributed by atoms with E-state index < -0.39 is 26.0 Å². The van der Waals surface area contributed by atoms with E-state index in [-0.39, 0.29) is 36.5 Å². The Labute approximate surface area is 173 Å². The average molecular weight is 433 g/mol. The van der Waals surface area contributed by atoms with Crippen LogP contribution in [0.5, 0.6) is 0 Å². The number of nitrogens with one attached hydrogen (secondary N) is 1. The Morgan fingerprint density at radius 3 is 2.24 bits per heavy atom. The number of carbonyl (C=O) groups is 2. The lowest BCUT2D eigenvalue weighted by Gasteiger charge is -2.24. The summed E-state index contributed by atoms with van der Waals surface area (Å²) in [5.41, 5.74) is 0. The molecular weight excluding hydrogens is 397 g/mol. The molecular formula is C20H36NO7P. The monoisotopic (exact) mass is 433 g/mol. The van der Waals surface area contributed by atoms with E-state index in [1.807, 2.05) is 0 Å².